The molecule has 0 aliphatic rings. The first-order valence-electron chi connectivity index (χ1n) is 6.16. The maximum absolute atomic E-state index is 8.96. The van der Waals surface area contributed by atoms with Gasteiger partial charge in [0.15, 0.2) is 0 Å². The van der Waals surface area contributed by atoms with E-state index in [9.17, 15) is 0 Å². The molecule has 0 bridgehead atoms. The van der Waals surface area contributed by atoms with Gasteiger partial charge in [-0.1, -0.05) is 37.3 Å². The molecule has 90 valence electrons. The fourth-order valence-corrected chi connectivity index (χ4v) is 2.02. The average Bonchev–Trinajstić information content (AvgIpc) is 2.34. The summed E-state index contributed by atoms with van der Waals surface area (Å²) < 4.78 is 0. The lowest BCUT2D eigenvalue weighted by Gasteiger charge is -2.27. The van der Waals surface area contributed by atoms with Crippen LogP contribution in [0.5, 0.6) is 0 Å². The van der Waals surface area contributed by atoms with Gasteiger partial charge in [0.1, 0.15) is 0 Å². The summed E-state index contributed by atoms with van der Waals surface area (Å²) in [5, 5.41) is 8.96. The van der Waals surface area contributed by atoms with Crippen molar-refractivity contribution in [2.45, 2.75) is 32.7 Å². The Hall–Kier alpha value is -0.860. The summed E-state index contributed by atoms with van der Waals surface area (Å²) in [6.45, 7) is 6.43. The van der Waals surface area contributed by atoms with E-state index in [1.165, 1.54) is 5.56 Å². The number of benzene rings is 1. The third-order valence-corrected chi connectivity index (χ3v) is 3.11. The molecule has 0 saturated carbocycles. The first-order chi connectivity index (χ1) is 7.77. The molecule has 1 atom stereocenters. The van der Waals surface area contributed by atoms with Crippen molar-refractivity contribution in [3.8, 4) is 0 Å². The van der Waals surface area contributed by atoms with Crippen LogP contribution in [0.2, 0.25) is 0 Å². The number of aliphatic hydroxyl groups is 1. The largest absolute Gasteiger partial charge is 0.395 e. The van der Waals surface area contributed by atoms with E-state index in [1.807, 2.05) is 0 Å². The predicted octanol–water partition coefficient (Wildman–Crippen LogP) is 2.32. The van der Waals surface area contributed by atoms with Gasteiger partial charge < -0.3 is 5.11 Å². The number of aliphatic hydroxyl groups excluding tert-OH is 1. The summed E-state index contributed by atoms with van der Waals surface area (Å²) in [6, 6.07) is 11.1. The highest BCUT2D eigenvalue weighted by molar-refractivity contribution is 5.14. The zero-order chi connectivity index (χ0) is 11.8. The lowest BCUT2D eigenvalue weighted by molar-refractivity contribution is 0.159. The maximum atomic E-state index is 8.96. The van der Waals surface area contributed by atoms with Gasteiger partial charge in [-0.25, -0.2) is 0 Å². The van der Waals surface area contributed by atoms with Crippen LogP contribution < -0.4 is 0 Å². The summed E-state index contributed by atoms with van der Waals surface area (Å²) >= 11 is 0. The second-order valence-corrected chi connectivity index (χ2v) is 4.23. The standard InChI is InChI=1S/C14H23NO/c1-3-15(11-12-16)13(2)9-10-14-7-5-4-6-8-14/h4-8,13,16H,3,9-12H2,1-2H3/t13-/m1/s1. The van der Waals surface area contributed by atoms with Crippen LogP contribution in [0.1, 0.15) is 25.8 Å². The van der Waals surface area contributed by atoms with Gasteiger partial charge in [0.05, 0.1) is 6.61 Å². The fourth-order valence-electron chi connectivity index (χ4n) is 2.02. The Labute approximate surface area is 98.9 Å². The number of aryl methyl sites for hydroxylation is 1. The quantitative estimate of drug-likeness (QED) is 0.764. The van der Waals surface area contributed by atoms with Crippen LogP contribution in [-0.4, -0.2) is 35.7 Å². The van der Waals surface area contributed by atoms with Gasteiger partial charge in [-0.3, -0.25) is 4.90 Å². The zero-order valence-electron chi connectivity index (χ0n) is 10.4. The molecule has 0 heterocycles. The minimum absolute atomic E-state index is 0.253. The minimum atomic E-state index is 0.253. The Balaban J connectivity index is 2.36. The number of rotatable bonds is 7. The van der Waals surface area contributed by atoms with Crippen molar-refractivity contribution in [3.05, 3.63) is 35.9 Å². The Morgan fingerprint density at radius 1 is 1.25 bits per heavy atom. The number of likely N-dealkylation sites (N-methyl/N-ethyl adjacent to an activating group) is 1. The molecule has 0 spiro atoms. The molecule has 2 nitrogen and oxygen atoms in total. The molecular weight excluding hydrogens is 198 g/mol. The topological polar surface area (TPSA) is 23.5 Å². The van der Waals surface area contributed by atoms with E-state index in [-0.39, 0.29) is 6.61 Å². The second-order valence-electron chi connectivity index (χ2n) is 4.23. The monoisotopic (exact) mass is 221 g/mol. The molecule has 0 fully saturated rings. The van der Waals surface area contributed by atoms with Crippen LogP contribution in [0.4, 0.5) is 0 Å². The van der Waals surface area contributed by atoms with Gasteiger partial charge in [-0.15, -0.1) is 0 Å². The van der Waals surface area contributed by atoms with Crippen molar-refractivity contribution in [1.82, 2.24) is 4.90 Å². The van der Waals surface area contributed by atoms with Gasteiger partial charge in [-0.2, -0.15) is 0 Å². The van der Waals surface area contributed by atoms with E-state index < -0.39 is 0 Å². The van der Waals surface area contributed by atoms with Gasteiger partial charge in [0.2, 0.25) is 0 Å². The van der Waals surface area contributed by atoms with Gasteiger partial charge in [0.25, 0.3) is 0 Å². The lowest BCUT2D eigenvalue weighted by atomic mass is 10.1. The maximum Gasteiger partial charge on any atom is 0.0558 e. The highest BCUT2D eigenvalue weighted by Crippen LogP contribution is 2.09. The summed E-state index contributed by atoms with van der Waals surface area (Å²) in [5.74, 6) is 0. The summed E-state index contributed by atoms with van der Waals surface area (Å²) in [4.78, 5) is 2.32. The number of hydrogen-bond donors (Lipinski definition) is 1. The smallest absolute Gasteiger partial charge is 0.0558 e. The van der Waals surface area contributed by atoms with Crippen molar-refractivity contribution >= 4 is 0 Å². The molecular formula is C14H23NO. The van der Waals surface area contributed by atoms with E-state index >= 15 is 0 Å². The predicted molar refractivity (Wildman–Crippen MR) is 68.6 cm³/mol. The molecule has 16 heavy (non-hydrogen) atoms. The highest BCUT2D eigenvalue weighted by atomic mass is 16.3. The molecule has 0 unspecified atom stereocenters. The van der Waals surface area contributed by atoms with Gasteiger partial charge in [-0.05, 0) is 31.9 Å². The molecule has 0 aromatic heterocycles. The van der Waals surface area contributed by atoms with Crippen LogP contribution in [0, 0.1) is 0 Å². The van der Waals surface area contributed by atoms with E-state index in [1.54, 1.807) is 0 Å². The molecule has 1 N–H and O–H groups in total. The van der Waals surface area contributed by atoms with Crippen molar-refractivity contribution in [2.24, 2.45) is 0 Å². The van der Waals surface area contributed by atoms with E-state index in [0.29, 0.717) is 6.04 Å². The SMILES string of the molecule is CCN(CCO)[C@H](C)CCc1ccccc1. The normalized spacial score (nSPS) is 13.0. The fraction of sp³-hybridized carbons (Fsp3) is 0.571. The molecule has 1 aromatic carbocycles. The van der Waals surface area contributed by atoms with E-state index in [4.69, 9.17) is 5.11 Å². The molecule has 2 heteroatoms. The van der Waals surface area contributed by atoms with Crippen molar-refractivity contribution < 1.29 is 5.11 Å². The zero-order valence-corrected chi connectivity index (χ0v) is 10.4. The lowest BCUT2D eigenvalue weighted by Crippen LogP contribution is -2.35. The Bertz CT molecular complexity index is 273. The Morgan fingerprint density at radius 3 is 2.50 bits per heavy atom. The van der Waals surface area contributed by atoms with Crippen LogP contribution >= 0.6 is 0 Å². The molecule has 0 aliphatic heterocycles. The van der Waals surface area contributed by atoms with Crippen molar-refractivity contribution in [3.63, 3.8) is 0 Å². The molecule has 0 saturated heterocycles. The Kier molecular flexibility index (Phi) is 6.12. The van der Waals surface area contributed by atoms with Crippen LogP contribution in [0.25, 0.3) is 0 Å². The molecule has 0 aliphatic carbocycles. The van der Waals surface area contributed by atoms with Crippen LogP contribution in [0.3, 0.4) is 0 Å². The van der Waals surface area contributed by atoms with E-state index in [0.717, 1.165) is 25.9 Å². The van der Waals surface area contributed by atoms with Gasteiger partial charge >= 0.3 is 0 Å². The van der Waals surface area contributed by atoms with Gasteiger partial charge in [0, 0.05) is 12.6 Å². The highest BCUT2D eigenvalue weighted by Gasteiger charge is 2.10. The average molecular weight is 221 g/mol. The molecule has 1 aromatic rings. The van der Waals surface area contributed by atoms with Crippen LogP contribution in [0.15, 0.2) is 30.3 Å². The molecule has 0 radical (unpaired) electrons. The number of nitrogens with zero attached hydrogens (tertiary/aromatic N) is 1. The minimum Gasteiger partial charge on any atom is -0.395 e. The van der Waals surface area contributed by atoms with E-state index in [2.05, 4.69) is 49.1 Å². The van der Waals surface area contributed by atoms with Crippen LogP contribution in [-0.2, 0) is 6.42 Å². The summed E-state index contributed by atoms with van der Waals surface area (Å²) in [6.07, 6.45) is 2.27. The Morgan fingerprint density at radius 2 is 1.94 bits per heavy atom. The first kappa shape index (κ1) is 13.2. The molecule has 1 rings (SSSR count). The third-order valence-electron chi connectivity index (χ3n) is 3.11. The van der Waals surface area contributed by atoms with Crippen molar-refractivity contribution in [2.75, 3.05) is 19.7 Å². The van der Waals surface area contributed by atoms with Crippen molar-refractivity contribution in [1.29, 1.82) is 0 Å². The first-order valence-corrected chi connectivity index (χ1v) is 6.16. The third kappa shape index (κ3) is 4.33. The summed E-state index contributed by atoms with van der Waals surface area (Å²) in [7, 11) is 0. The summed E-state index contributed by atoms with van der Waals surface area (Å²) in [5.41, 5.74) is 1.40. The number of hydrogen-bond acceptors (Lipinski definition) is 2. The second kappa shape index (κ2) is 7.42. The molecule has 0 amide bonds.